The highest BCUT2D eigenvalue weighted by Crippen LogP contribution is 2.41. The van der Waals surface area contributed by atoms with Gasteiger partial charge in [0.1, 0.15) is 11.4 Å². The van der Waals surface area contributed by atoms with Crippen molar-refractivity contribution in [2.75, 3.05) is 19.6 Å². The number of piperidine rings is 1. The third-order valence-electron chi connectivity index (χ3n) is 4.33. The molecule has 120 valence electrons. The van der Waals surface area contributed by atoms with Crippen LogP contribution in [0.25, 0.3) is 5.57 Å². The Morgan fingerprint density at radius 3 is 2.77 bits per heavy atom. The van der Waals surface area contributed by atoms with Crippen LogP contribution >= 0.6 is 12.4 Å². The van der Waals surface area contributed by atoms with Gasteiger partial charge in [0.25, 0.3) is 0 Å². The van der Waals surface area contributed by atoms with Crippen LogP contribution in [0.5, 0.6) is 0 Å². The summed E-state index contributed by atoms with van der Waals surface area (Å²) < 4.78 is 19.0. The Kier molecular flexibility index (Phi) is 5.24. The van der Waals surface area contributed by atoms with Gasteiger partial charge in [-0.1, -0.05) is 25.1 Å². The van der Waals surface area contributed by atoms with E-state index in [0.717, 1.165) is 43.6 Å². The Hall–Kier alpha value is -1.39. The lowest BCUT2D eigenvalue weighted by Crippen LogP contribution is -2.54. The Balaban J connectivity index is 0.00000176. The van der Waals surface area contributed by atoms with E-state index >= 15 is 0 Å². The summed E-state index contributed by atoms with van der Waals surface area (Å²) in [7, 11) is 0. The average Bonchev–Trinajstić information content (AvgIpc) is 2.48. The minimum Gasteiger partial charge on any atom is -0.453 e. The van der Waals surface area contributed by atoms with E-state index in [-0.39, 0.29) is 24.2 Å². The second-order valence-corrected chi connectivity index (χ2v) is 5.79. The quantitative estimate of drug-likeness (QED) is 0.797. The third kappa shape index (κ3) is 3.18. The third-order valence-corrected chi connectivity index (χ3v) is 4.33. The van der Waals surface area contributed by atoms with Crippen molar-refractivity contribution in [3.05, 3.63) is 41.7 Å². The molecule has 0 N–H and O–H groups in total. The Labute approximate surface area is 136 Å². The molecule has 2 heterocycles. The molecule has 1 fully saturated rings. The van der Waals surface area contributed by atoms with Gasteiger partial charge in [-0.25, -0.2) is 4.39 Å². The summed E-state index contributed by atoms with van der Waals surface area (Å²) in [6.45, 7) is 4.45. The van der Waals surface area contributed by atoms with Crippen LogP contribution < -0.4 is 0 Å². The van der Waals surface area contributed by atoms with E-state index in [1.54, 1.807) is 12.1 Å². The van der Waals surface area contributed by atoms with E-state index < -0.39 is 5.60 Å². The highest BCUT2D eigenvalue weighted by atomic mass is 35.5. The number of hydrogen-bond donors (Lipinski definition) is 0. The van der Waals surface area contributed by atoms with Crippen LogP contribution in [0.2, 0.25) is 0 Å². The van der Waals surface area contributed by atoms with Gasteiger partial charge in [0.05, 0.1) is 0 Å². The molecule has 0 spiro atoms. The number of esters is 1. The SMILES string of the molecule is CCC(=O)OC12CCCN(CC=C1c1ccc(F)cc1)C2.Cl. The average molecular weight is 326 g/mol. The molecule has 3 rings (SSSR count). The van der Waals surface area contributed by atoms with Gasteiger partial charge in [0.2, 0.25) is 0 Å². The molecule has 2 unspecified atom stereocenters. The number of hydrogen-bond acceptors (Lipinski definition) is 3. The van der Waals surface area contributed by atoms with Crippen molar-refractivity contribution in [2.45, 2.75) is 31.8 Å². The van der Waals surface area contributed by atoms with E-state index in [2.05, 4.69) is 11.0 Å². The van der Waals surface area contributed by atoms with Crippen molar-refractivity contribution in [3.8, 4) is 0 Å². The first-order chi connectivity index (χ1) is 10.1. The molecular formula is C17H21ClFNO2. The molecule has 0 amide bonds. The standard InChI is InChI=1S/C17H20FNO2.ClH/c1-2-16(20)21-17-9-3-10-19(12-17)11-8-15(17)13-4-6-14(18)7-5-13;/h4-8H,2-3,9-12H2,1H3;1H. The van der Waals surface area contributed by atoms with Crippen molar-refractivity contribution < 1.29 is 13.9 Å². The first-order valence-corrected chi connectivity index (χ1v) is 7.54. The van der Waals surface area contributed by atoms with E-state index in [0.29, 0.717) is 6.42 Å². The number of benzene rings is 1. The molecule has 2 aliphatic rings. The van der Waals surface area contributed by atoms with Crippen LogP contribution in [-0.4, -0.2) is 36.1 Å². The van der Waals surface area contributed by atoms with E-state index in [4.69, 9.17) is 4.74 Å². The summed E-state index contributed by atoms with van der Waals surface area (Å²) in [5, 5.41) is 0. The Morgan fingerprint density at radius 2 is 2.09 bits per heavy atom. The fourth-order valence-electron chi connectivity index (χ4n) is 3.33. The number of nitrogens with zero attached hydrogens (tertiary/aromatic N) is 1. The maximum absolute atomic E-state index is 13.2. The van der Waals surface area contributed by atoms with Crippen LogP contribution in [0.3, 0.4) is 0 Å². The van der Waals surface area contributed by atoms with Crippen LogP contribution in [0.15, 0.2) is 30.3 Å². The number of halogens is 2. The predicted molar refractivity (Wildman–Crippen MR) is 86.4 cm³/mol. The zero-order valence-corrected chi connectivity index (χ0v) is 13.5. The number of carbonyl (C=O) groups is 1. The van der Waals surface area contributed by atoms with Gasteiger partial charge in [-0.3, -0.25) is 9.69 Å². The first kappa shape index (κ1) is 17.0. The summed E-state index contributed by atoms with van der Waals surface area (Å²) in [5.41, 5.74) is 1.41. The maximum atomic E-state index is 13.2. The minimum absolute atomic E-state index is 0. The van der Waals surface area contributed by atoms with Crippen molar-refractivity contribution in [1.82, 2.24) is 4.90 Å². The summed E-state index contributed by atoms with van der Waals surface area (Å²) in [5.74, 6) is -0.424. The zero-order valence-electron chi connectivity index (χ0n) is 12.7. The largest absolute Gasteiger partial charge is 0.453 e. The number of ether oxygens (including phenoxy) is 1. The molecule has 2 atom stereocenters. The van der Waals surface area contributed by atoms with Gasteiger partial charge in [-0.05, 0) is 37.1 Å². The van der Waals surface area contributed by atoms with Crippen molar-refractivity contribution in [2.24, 2.45) is 0 Å². The number of carbonyl (C=O) groups excluding carboxylic acids is 1. The Bertz CT molecular complexity index is 573. The highest BCUT2D eigenvalue weighted by Gasteiger charge is 2.44. The molecular weight excluding hydrogens is 305 g/mol. The predicted octanol–water partition coefficient (Wildman–Crippen LogP) is 3.43. The van der Waals surface area contributed by atoms with Crippen LogP contribution in [0, 0.1) is 5.82 Å². The van der Waals surface area contributed by atoms with Crippen molar-refractivity contribution in [1.29, 1.82) is 0 Å². The van der Waals surface area contributed by atoms with Crippen LogP contribution in [0.4, 0.5) is 4.39 Å². The van der Waals surface area contributed by atoms with Gasteiger partial charge in [0.15, 0.2) is 0 Å². The molecule has 5 heteroatoms. The maximum Gasteiger partial charge on any atom is 0.306 e. The summed E-state index contributed by atoms with van der Waals surface area (Å²) in [6.07, 6.45) is 4.34. The van der Waals surface area contributed by atoms with E-state index in [1.807, 2.05) is 6.92 Å². The summed E-state index contributed by atoms with van der Waals surface area (Å²) in [6, 6.07) is 6.46. The molecule has 2 bridgehead atoms. The van der Waals surface area contributed by atoms with Gasteiger partial charge in [-0.2, -0.15) is 0 Å². The van der Waals surface area contributed by atoms with Crippen LogP contribution in [0.1, 0.15) is 31.7 Å². The second-order valence-electron chi connectivity index (χ2n) is 5.79. The lowest BCUT2D eigenvalue weighted by molar-refractivity contribution is -0.158. The summed E-state index contributed by atoms with van der Waals surface area (Å²) >= 11 is 0. The van der Waals surface area contributed by atoms with Gasteiger partial charge in [0, 0.05) is 25.1 Å². The zero-order chi connectivity index (χ0) is 14.9. The molecule has 1 aromatic carbocycles. The monoisotopic (exact) mass is 325 g/mol. The molecule has 1 aromatic rings. The molecule has 0 aromatic heterocycles. The topological polar surface area (TPSA) is 29.5 Å². The molecule has 3 nitrogen and oxygen atoms in total. The first-order valence-electron chi connectivity index (χ1n) is 7.54. The van der Waals surface area contributed by atoms with Crippen LogP contribution in [-0.2, 0) is 9.53 Å². The van der Waals surface area contributed by atoms with Gasteiger partial charge in [-0.15, -0.1) is 12.4 Å². The fourth-order valence-corrected chi connectivity index (χ4v) is 3.33. The second kappa shape index (κ2) is 6.80. The minimum atomic E-state index is -0.568. The fraction of sp³-hybridized carbons (Fsp3) is 0.471. The molecule has 0 aliphatic carbocycles. The molecule has 1 saturated heterocycles. The Morgan fingerprint density at radius 1 is 1.36 bits per heavy atom. The van der Waals surface area contributed by atoms with Gasteiger partial charge < -0.3 is 4.74 Å². The molecule has 2 aliphatic heterocycles. The van der Waals surface area contributed by atoms with Crippen molar-refractivity contribution >= 4 is 23.9 Å². The highest BCUT2D eigenvalue weighted by molar-refractivity contribution is 5.85. The van der Waals surface area contributed by atoms with E-state index in [1.165, 1.54) is 12.1 Å². The normalized spacial score (nSPS) is 26.6. The molecule has 22 heavy (non-hydrogen) atoms. The van der Waals surface area contributed by atoms with Gasteiger partial charge >= 0.3 is 5.97 Å². The number of fused-ring (bicyclic) bond motifs is 2. The lowest BCUT2D eigenvalue weighted by Gasteiger charge is -2.46. The molecule has 0 saturated carbocycles. The van der Waals surface area contributed by atoms with Crippen molar-refractivity contribution in [3.63, 3.8) is 0 Å². The smallest absolute Gasteiger partial charge is 0.306 e. The van der Waals surface area contributed by atoms with E-state index in [9.17, 15) is 9.18 Å². The summed E-state index contributed by atoms with van der Waals surface area (Å²) in [4.78, 5) is 14.2. The lowest BCUT2D eigenvalue weighted by atomic mass is 9.79. The number of rotatable bonds is 3. The molecule has 0 radical (unpaired) electrons.